The molecule has 4 atom stereocenters. The van der Waals surface area contributed by atoms with Crippen LogP contribution in [0.15, 0.2) is 18.2 Å². The molecule has 0 nitrogen and oxygen atoms in total. The van der Waals surface area contributed by atoms with Crippen LogP contribution in [0.4, 0.5) is 0 Å². The Morgan fingerprint density at radius 2 is 1.86 bits per heavy atom. The molecule has 3 aliphatic rings. The van der Waals surface area contributed by atoms with Crippen LogP contribution in [-0.4, -0.2) is 0 Å². The zero-order valence-electron chi connectivity index (χ0n) is 14.4. The van der Waals surface area contributed by atoms with Gasteiger partial charge in [-0.3, -0.25) is 0 Å². The van der Waals surface area contributed by atoms with E-state index in [4.69, 9.17) is 0 Å². The van der Waals surface area contributed by atoms with Gasteiger partial charge in [0.25, 0.3) is 0 Å². The maximum absolute atomic E-state index is 2.59. The van der Waals surface area contributed by atoms with Gasteiger partial charge >= 0.3 is 0 Å². The van der Waals surface area contributed by atoms with Crippen LogP contribution < -0.4 is 0 Å². The molecule has 4 rings (SSSR count). The second kappa shape index (κ2) is 5.78. The summed E-state index contributed by atoms with van der Waals surface area (Å²) in [5, 5.41) is 0. The summed E-state index contributed by atoms with van der Waals surface area (Å²) in [7, 11) is 0. The third-order valence-electron chi connectivity index (χ3n) is 6.66. The van der Waals surface area contributed by atoms with E-state index < -0.39 is 0 Å². The first-order valence-corrected chi connectivity index (χ1v) is 9.27. The minimum absolute atomic E-state index is 0.698. The van der Waals surface area contributed by atoms with E-state index in [0.717, 1.165) is 17.8 Å². The minimum atomic E-state index is 0.698. The van der Waals surface area contributed by atoms with Crippen molar-refractivity contribution in [3.8, 4) is 0 Å². The van der Waals surface area contributed by atoms with Gasteiger partial charge in [-0.15, -0.1) is 0 Å². The van der Waals surface area contributed by atoms with E-state index in [0.29, 0.717) is 5.41 Å². The van der Waals surface area contributed by atoms with Crippen LogP contribution >= 0.6 is 0 Å². The van der Waals surface area contributed by atoms with Crippen LogP contribution in [0.2, 0.25) is 0 Å². The molecule has 0 spiro atoms. The summed E-state index contributed by atoms with van der Waals surface area (Å²) in [5.74, 6) is 2.91. The highest BCUT2D eigenvalue weighted by molar-refractivity contribution is 5.37. The summed E-state index contributed by atoms with van der Waals surface area (Å²) < 4.78 is 0. The lowest BCUT2D eigenvalue weighted by Gasteiger charge is -2.49. The Kier molecular flexibility index (Phi) is 4.17. The Bertz CT molecular complexity index is 501. The molecule has 0 aromatic heterocycles. The van der Waals surface area contributed by atoms with Crippen LogP contribution in [0.5, 0.6) is 0 Å². The smallest absolute Gasteiger partial charge is 0.0128 e. The fourth-order valence-electron chi connectivity index (χ4n) is 5.70. The number of hydrogen-bond acceptors (Lipinski definition) is 0. The van der Waals surface area contributed by atoms with Gasteiger partial charge < -0.3 is 0 Å². The van der Waals surface area contributed by atoms with Gasteiger partial charge in [-0.1, -0.05) is 51.0 Å². The molecule has 3 aliphatic carbocycles. The molecule has 1 aromatic carbocycles. The molecular formula is C21H32. The lowest BCUT2D eigenvalue weighted by atomic mass is 9.56. The Morgan fingerprint density at radius 3 is 2.67 bits per heavy atom. The normalized spacial score (nSPS) is 36.9. The average molecular weight is 284 g/mol. The first-order chi connectivity index (χ1) is 10.2. The molecule has 116 valence electrons. The van der Waals surface area contributed by atoms with Gasteiger partial charge in [-0.25, -0.2) is 0 Å². The number of fused-ring (bicyclic) bond motifs is 5. The summed E-state index contributed by atoms with van der Waals surface area (Å²) in [6.45, 7) is 8.83. The SMILES string of the molecule is CC.Cc1ccc2c(c1)CCC1C2CCC2(C)CCCC12. The summed E-state index contributed by atoms with van der Waals surface area (Å²) in [6.07, 6.45) is 10.2. The Labute approximate surface area is 131 Å². The van der Waals surface area contributed by atoms with E-state index in [-0.39, 0.29) is 0 Å². The minimum Gasteiger partial charge on any atom is -0.0683 e. The van der Waals surface area contributed by atoms with Gasteiger partial charge in [0.15, 0.2) is 0 Å². The monoisotopic (exact) mass is 284 g/mol. The van der Waals surface area contributed by atoms with Crippen molar-refractivity contribution in [2.45, 2.75) is 78.6 Å². The Morgan fingerprint density at radius 1 is 1.05 bits per heavy atom. The third kappa shape index (κ3) is 2.45. The van der Waals surface area contributed by atoms with Crippen LogP contribution in [0.25, 0.3) is 0 Å². The van der Waals surface area contributed by atoms with Gasteiger partial charge in [-0.2, -0.15) is 0 Å². The molecule has 0 heterocycles. The van der Waals surface area contributed by atoms with Crippen LogP contribution in [0.1, 0.15) is 81.9 Å². The van der Waals surface area contributed by atoms with Crippen LogP contribution in [0, 0.1) is 24.2 Å². The maximum atomic E-state index is 2.59. The van der Waals surface area contributed by atoms with Gasteiger partial charge in [0.1, 0.15) is 0 Å². The second-order valence-electron chi connectivity index (χ2n) is 7.70. The van der Waals surface area contributed by atoms with Crippen molar-refractivity contribution >= 4 is 0 Å². The average Bonchev–Trinajstić information content (AvgIpc) is 2.90. The molecule has 0 radical (unpaired) electrons. The predicted molar refractivity (Wildman–Crippen MR) is 91.8 cm³/mol. The Balaban J connectivity index is 0.000000636. The Hall–Kier alpha value is -0.780. The van der Waals surface area contributed by atoms with Crippen molar-refractivity contribution in [3.05, 3.63) is 34.9 Å². The van der Waals surface area contributed by atoms with E-state index in [2.05, 4.69) is 32.0 Å². The molecule has 0 N–H and O–H groups in total. The van der Waals surface area contributed by atoms with E-state index in [1.807, 2.05) is 13.8 Å². The van der Waals surface area contributed by atoms with Crippen molar-refractivity contribution in [1.82, 2.24) is 0 Å². The van der Waals surface area contributed by atoms with Gasteiger partial charge in [0, 0.05) is 0 Å². The van der Waals surface area contributed by atoms with Crippen molar-refractivity contribution in [2.75, 3.05) is 0 Å². The molecule has 0 aliphatic heterocycles. The summed E-state index contributed by atoms with van der Waals surface area (Å²) in [5.41, 5.74) is 5.53. The molecule has 0 amide bonds. The summed E-state index contributed by atoms with van der Waals surface area (Å²) >= 11 is 0. The second-order valence-corrected chi connectivity index (χ2v) is 7.70. The van der Waals surface area contributed by atoms with Gasteiger partial charge in [0.2, 0.25) is 0 Å². The number of benzene rings is 1. The van der Waals surface area contributed by atoms with E-state index in [1.54, 1.807) is 11.1 Å². The summed E-state index contributed by atoms with van der Waals surface area (Å²) in [4.78, 5) is 0. The lowest BCUT2D eigenvalue weighted by molar-refractivity contribution is 0.0598. The zero-order chi connectivity index (χ0) is 15.0. The molecule has 4 unspecified atom stereocenters. The molecule has 2 saturated carbocycles. The molecular weight excluding hydrogens is 252 g/mol. The molecule has 21 heavy (non-hydrogen) atoms. The quantitative estimate of drug-likeness (QED) is 0.527. The predicted octanol–water partition coefficient (Wildman–Crippen LogP) is 6.27. The molecule has 0 saturated heterocycles. The highest BCUT2D eigenvalue weighted by atomic mass is 14.5. The molecule has 2 fully saturated rings. The number of hydrogen-bond donors (Lipinski definition) is 0. The first kappa shape index (κ1) is 15.1. The first-order valence-electron chi connectivity index (χ1n) is 9.27. The van der Waals surface area contributed by atoms with Crippen molar-refractivity contribution in [3.63, 3.8) is 0 Å². The van der Waals surface area contributed by atoms with Gasteiger partial charge in [0.05, 0.1) is 0 Å². The topological polar surface area (TPSA) is 0 Å². The highest BCUT2D eigenvalue weighted by Crippen LogP contribution is 2.60. The molecule has 1 aromatic rings. The van der Waals surface area contributed by atoms with Crippen molar-refractivity contribution in [2.24, 2.45) is 17.3 Å². The van der Waals surface area contributed by atoms with Crippen LogP contribution in [0.3, 0.4) is 0 Å². The van der Waals surface area contributed by atoms with E-state index >= 15 is 0 Å². The fourth-order valence-corrected chi connectivity index (χ4v) is 5.70. The number of aryl methyl sites for hydroxylation is 2. The fraction of sp³-hybridized carbons (Fsp3) is 0.714. The van der Waals surface area contributed by atoms with Crippen LogP contribution in [-0.2, 0) is 6.42 Å². The molecule has 0 bridgehead atoms. The summed E-state index contributed by atoms with van der Waals surface area (Å²) in [6, 6.07) is 7.25. The third-order valence-corrected chi connectivity index (χ3v) is 6.66. The van der Waals surface area contributed by atoms with Crippen molar-refractivity contribution in [1.29, 1.82) is 0 Å². The standard InChI is InChI=1S/C19H26.C2H6/c1-13-5-7-15-14(12-13)6-8-17-16(15)9-11-19(2)10-3-4-18(17)19;1-2/h5,7,12,16-18H,3-4,6,8-11H2,1-2H3;1-2H3. The lowest BCUT2D eigenvalue weighted by Crippen LogP contribution is -2.39. The highest BCUT2D eigenvalue weighted by Gasteiger charge is 2.49. The van der Waals surface area contributed by atoms with Crippen molar-refractivity contribution < 1.29 is 0 Å². The zero-order valence-corrected chi connectivity index (χ0v) is 14.4. The van der Waals surface area contributed by atoms with E-state index in [1.165, 1.54) is 50.5 Å². The maximum Gasteiger partial charge on any atom is -0.0128 e. The van der Waals surface area contributed by atoms with Gasteiger partial charge in [-0.05, 0) is 79.7 Å². The largest absolute Gasteiger partial charge is 0.0683 e. The number of rotatable bonds is 0. The molecule has 0 heteroatoms. The van der Waals surface area contributed by atoms with E-state index in [9.17, 15) is 0 Å².